The molecule has 3 atom stereocenters. The van der Waals surface area contributed by atoms with Crippen molar-refractivity contribution in [3.8, 4) is 5.88 Å². The van der Waals surface area contributed by atoms with Crippen molar-refractivity contribution in [1.29, 1.82) is 0 Å². The van der Waals surface area contributed by atoms with Crippen molar-refractivity contribution < 1.29 is 14.9 Å². The molecule has 3 heterocycles. The second-order valence-electron chi connectivity index (χ2n) is 8.17. The van der Waals surface area contributed by atoms with Crippen LogP contribution in [0.3, 0.4) is 0 Å². The molecule has 3 aromatic rings. The highest BCUT2D eigenvalue weighted by Gasteiger charge is 2.59. The molecule has 0 bridgehead atoms. The first-order valence-electron chi connectivity index (χ1n) is 9.65. The highest BCUT2D eigenvalue weighted by atomic mass is 35.5. The average molecular weight is 416 g/mol. The first-order valence-corrected chi connectivity index (χ1v) is 10.0. The second kappa shape index (κ2) is 6.83. The number of nitrogens with zero attached hydrogens (tertiary/aromatic N) is 4. The summed E-state index contributed by atoms with van der Waals surface area (Å²) < 4.78 is 7.66. The van der Waals surface area contributed by atoms with Gasteiger partial charge in [-0.2, -0.15) is 0 Å². The van der Waals surface area contributed by atoms with E-state index in [9.17, 15) is 10.2 Å². The third-order valence-electron chi connectivity index (χ3n) is 6.41. The highest BCUT2D eigenvalue weighted by molar-refractivity contribution is 6.29. The maximum atomic E-state index is 10.8. The van der Waals surface area contributed by atoms with Gasteiger partial charge >= 0.3 is 0 Å². The minimum Gasteiger partial charge on any atom is -0.477 e. The average Bonchev–Trinajstić information content (AvgIpc) is 3.21. The van der Waals surface area contributed by atoms with Crippen molar-refractivity contribution in [2.24, 2.45) is 11.3 Å². The van der Waals surface area contributed by atoms with E-state index in [1.807, 2.05) is 16.8 Å². The monoisotopic (exact) mass is 415 g/mol. The van der Waals surface area contributed by atoms with Crippen molar-refractivity contribution in [2.45, 2.75) is 37.5 Å². The zero-order valence-electron chi connectivity index (χ0n) is 15.6. The van der Waals surface area contributed by atoms with Gasteiger partial charge in [0.05, 0.1) is 24.1 Å². The summed E-state index contributed by atoms with van der Waals surface area (Å²) in [7, 11) is 0. The Kier molecular flexibility index (Phi) is 4.38. The van der Waals surface area contributed by atoms with E-state index in [0.29, 0.717) is 41.4 Å². The topological polar surface area (TPSA) is 119 Å². The van der Waals surface area contributed by atoms with E-state index in [1.165, 1.54) is 6.33 Å². The van der Waals surface area contributed by atoms with Crippen LogP contribution in [0, 0.1) is 11.3 Å². The normalized spacial score (nSPS) is 31.3. The molecule has 0 saturated heterocycles. The van der Waals surface area contributed by atoms with Gasteiger partial charge in [-0.05, 0) is 37.3 Å². The number of nitrogen functional groups attached to an aromatic ring is 1. The van der Waals surface area contributed by atoms with E-state index in [1.54, 1.807) is 18.2 Å². The molecule has 9 heteroatoms. The van der Waals surface area contributed by atoms with Crippen LogP contribution in [-0.2, 0) is 0 Å². The number of rotatable bonds is 4. The van der Waals surface area contributed by atoms with Gasteiger partial charge in [0.1, 0.15) is 29.0 Å². The summed E-state index contributed by atoms with van der Waals surface area (Å²) in [5, 5.41) is 22.7. The molecule has 29 heavy (non-hydrogen) atoms. The lowest BCUT2D eigenvalue weighted by Gasteiger charge is -2.47. The van der Waals surface area contributed by atoms with Gasteiger partial charge in [0.25, 0.3) is 0 Å². The molecule has 8 nitrogen and oxygen atoms in total. The summed E-state index contributed by atoms with van der Waals surface area (Å²) in [6.45, 7) is 0.513. The minimum absolute atomic E-state index is 0.256. The van der Waals surface area contributed by atoms with Crippen molar-refractivity contribution >= 4 is 28.5 Å². The SMILES string of the molecule is Nc1ncnc2c1ccn2[C@@H]1C[C@]2(C[C@H](COc3cccc(Cl)n3)C2)[C@@H](O)[C@H]1O. The van der Waals surface area contributed by atoms with Gasteiger partial charge in [0.15, 0.2) is 0 Å². The molecule has 0 amide bonds. The number of pyridine rings is 1. The number of fused-ring (bicyclic) bond motifs is 1. The van der Waals surface area contributed by atoms with E-state index in [0.717, 1.165) is 18.2 Å². The number of ether oxygens (including phenoxy) is 1. The predicted molar refractivity (Wildman–Crippen MR) is 108 cm³/mol. The van der Waals surface area contributed by atoms with E-state index in [-0.39, 0.29) is 11.5 Å². The number of hydrogen-bond donors (Lipinski definition) is 3. The zero-order valence-corrected chi connectivity index (χ0v) is 16.4. The maximum Gasteiger partial charge on any atom is 0.214 e. The standard InChI is InChI=1S/C20H22ClN5O3/c21-14-2-1-3-15(25-14)29-9-11-6-20(7-11)8-13(16(27)17(20)28)26-5-4-12-18(22)23-10-24-19(12)26/h1-5,10-11,13,16-17,27-28H,6-9H2,(H2,22,23,24)/t11-,13-,16+,17+,20+/m1/s1. The number of anilines is 1. The summed E-state index contributed by atoms with van der Waals surface area (Å²) in [6, 6.07) is 6.87. The van der Waals surface area contributed by atoms with E-state index >= 15 is 0 Å². The number of aliphatic hydroxyl groups excluding tert-OH is 2. The van der Waals surface area contributed by atoms with Crippen molar-refractivity contribution in [3.05, 3.63) is 41.9 Å². The Balaban J connectivity index is 1.29. The smallest absolute Gasteiger partial charge is 0.214 e. The lowest BCUT2D eigenvalue weighted by atomic mass is 9.60. The molecule has 4 N–H and O–H groups in total. The molecule has 0 unspecified atom stereocenters. The van der Waals surface area contributed by atoms with Crippen molar-refractivity contribution in [2.75, 3.05) is 12.3 Å². The summed E-state index contributed by atoms with van der Waals surface area (Å²) in [5.41, 5.74) is 6.29. The van der Waals surface area contributed by atoms with Crippen molar-refractivity contribution in [3.63, 3.8) is 0 Å². The quantitative estimate of drug-likeness (QED) is 0.559. The van der Waals surface area contributed by atoms with Crippen LogP contribution in [0.1, 0.15) is 25.3 Å². The van der Waals surface area contributed by atoms with Gasteiger partial charge in [-0.1, -0.05) is 17.7 Å². The molecule has 1 spiro atoms. The van der Waals surface area contributed by atoms with Gasteiger partial charge < -0.3 is 25.3 Å². The molecular weight excluding hydrogens is 394 g/mol. The predicted octanol–water partition coefficient (Wildman–Crippen LogP) is 2.20. The molecule has 2 aliphatic carbocycles. The number of halogens is 1. The van der Waals surface area contributed by atoms with Crippen LogP contribution < -0.4 is 10.5 Å². The highest BCUT2D eigenvalue weighted by Crippen LogP contribution is 2.59. The summed E-state index contributed by atoms with van der Waals surface area (Å²) in [6.07, 6.45) is 3.89. The first kappa shape index (κ1) is 18.6. The number of nitrogens with two attached hydrogens (primary N) is 1. The Morgan fingerprint density at radius 1 is 1.21 bits per heavy atom. The van der Waals surface area contributed by atoms with Gasteiger partial charge in [0.2, 0.25) is 5.88 Å². The third-order valence-corrected chi connectivity index (χ3v) is 6.62. The van der Waals surface area contributed by atoms with Gasteiger partial charge in [-0.15, -0.1) is 0 Å². The van der Waals surface area contributed by atoms with E-state index in [2.05, 4.69) is 15.0 Å². The number of aliphatic hydroxyl groups is 2. The van der Waals surface area contributed by atoms with Crippen LogP contribution in [0.15, 0.2) is 36.8 Å². The fourth-order valence-electron chi connectivity index (χ4n) is 5.04. The summed E-state index contributed by atoms with van der Waals surface area (Å²) in [4.78, 5) is 12.5. The fourth-order valence-corrected chi connectivity index (χ4v) is 5.20. The van der Waals surface area contributed by atoms with Crippen LogP contribution >= 0.6 is 11.6 Å². The zero-order chi connectivity index (χ0) is 20.2. The second-order valence-corrected chi connectivity index (χ2v) is 8.56. The minimum atomic E-state index is -0.863. The molecule has 0 radical (unpaired) electrons. The maximum absolute atomic E-state index is 10.8. The van der Waals surface area contributed by atoms with Crippen LogP contribution in [0.25, 0.3) is 11.0 Å². The van der Waals surface area contributed by atoms with Crippen molar-refractivity contribution in [1.82, 2.24) is 19.5 Å². The summed E-state index contributed by atoms with van der Waals surface area (Å²) >= 11 is 5.89. The molecule has 2 aliphatic rings. The Morgan fingerprint density at radius 3 is 2.83 bits per heavy atom. The Bertz CT molecular complexity index is 1050. The molecule has 152 valence electrons. The number of hydrogen-bond acceptors (Lipinski definition) is 7. The molecule has 0 aliphatic heterocycles. The van der Waals surface area contributed by atoms with Gasteiger partial charge in [0, 0.05) is 17.7 Å². The van der Waals surface area contributed by atoms with Crippen LogP contribution in [0.2, 0.25) is 5.15 Å². The lowest BCUT2D eigenvalue weighted by molar-refractivity contribution is -0.0918. The van der Waals surface area contributed by atoms with E-state index < -0.39 is 12.2 Å². The molecular formula is C20H22ClN5O3. The van der Waals surface area contributed by atoms with E-state index in [4.69, 9.17) is 22.1 Å². The molecule has 0 aromatic carbocycles. The Morgan fingerprint density at radius 2 is 2.03 bits per heavy atom. The van der Waals surface area contributed by atoms with Gasteiger partial charge in [-0.3, -0.25) is 0 Å². The van der Waals surface area contributed by atoms with Crippen LogP contribution in [0.5, 0.6) is 5.88 Å². The fraction of sp³-hybridized carbons (Fsp3) is 0.450. The molecule has 5 rings (SSSR count). The Labute approximate surface area is 172 Å². The van der Waals surface area contributed by atoms with Crippen LogP contribution in [-0.4, -0.2) is 48.5 Å². The lowest BCUT2D eigenvalue weighted by Crippen LogP contribution is -2.47. The molecule has 2 saturated carbocycles. The first-order chi connectivity index (χ1) is 14.0. The van der Waals surface area contributed by atoms with Crippen LogP contribution in [0.4, 0.5) is 5.82 Å². The van der Waals surface area contributed by atoms with Gasteiger partial charge in [-0.25, -0.2) is 15.0 Å². The largest absolute Gasteiger partial charge is 0.477 e. The number of aromatic nitrogens is 4. The summed E-state index contributed by atoms with van der Waals surface area (Å²) in [5.74, 6) is 1.21. The molecule has 3 aromatic heterocycles. The molecule has 2 fully saturated rings. The Hall–Kier alpha value is -2.42. The third kappa shape index (κ3) is 3.02.